The van der Waals surface area contributed by atoms with Gasteiger partial charge in [-0.1, -0.05) is 168 Å². The number of hydrogen-bond acceptors (Lipinski definition) is 3. The normalized spacial score (nSPS) is 16.3. The summed E-state index contributed by atoms with van der Waals surface area (Å²) in [6.07, 6.45) is -0.250. The van der Waals surface area contributed by atoms with Crippen LogP contribution in [-0.2, 0) is 0 Å². The Balaban J connectivity index is 1.16. The summed E-state index contributed by atoms with van der Waals surface area (Å²) >= 11 is 3.74. The number of aliphatic imine (C=N–C) groups is 1. The Kier molecular flexibility index (Phi) is 7.22. The maximum atomic E-state index is 5.05. The number of hydrogen-bond donors (Lipinski definition) is 2. The summed E-state index contributed by atoms with van der Waals surface area (Å²) in [5.41, 5.74) is 8.27. The van der Waals surface area contributed by atoms with E-state index in [0.29, 0.717) is 0 Å². The summed E-state index contributed by atoms with van der Waals surface area (Å²) in [4.78, 5) is 5.05. The van der Waals surface area contributed by atoms with Gasteiger partial charge in [0.15, 0.2) is 0 Å². The van der Waals surface area contributed by atoms with Gasteiger partial charge in [-0.15, -0.1) is 0 Å². The third-order valence-electron chi connectivity index (χ3n) is 8.67. The average Bonchev–Trinajstić information content (AvgIpc) is 3.12. The molecule has 0 radical (unpaired) electrons. The van der Waals surface area contributed by atoms with E-state index in [1.807, 2.05) is 12.1 Å². The molecule has 0 spiro atoms. The number of nitrogens with one attached hydrogen (secondary N) is 2. The Morgan fingerprint density at radius 1 is 0.444 bits per heavy atom. The van der Waals surface area contributed by atoms with E-state index in [1.165, 1.54) is 43.8 Å². The van der Waals surface area contributed by atoms with Gasteiger partial charge in [0.1, 0.15) is 18.2 Å². The molecule has 7 aromatic carbocycles. The predicted octanol–water partition coefficient (Wildman–Crippen LogP) is 10.4. The minimum Gasteiger partial charge on any atom is -0.350 e. The molecule has 2 atom stereocenters. The van der Waals surface area contributed by atoms with Crippen LogP contribution in [0.4, 0.5) is 0 Å². The van der Waals surface area contributed by atoms with Crippen LogP contribution in [0.2, 0.25) is 0 Å². The molecule has 0 fully saturated rings. The van der Waals surface area contributed by atoms with Crippen LogP contribution in [0.1, 0.15) is 29.0 Å². The molecule has 0 saturated heterocycles. The third-order valence-corrected chi connectivity index (χ3v) is 9.36. The van der Waals surface area contributed by atoms with Gasteiger partial charge in [-0.25, -0.2) is 4.99 Å². The lowest BCUT2D eigenvalue weighted by molar-refractivity contribution is 0.409. The van der Waals surface area contributed by atoms with Crippen molar-refractivity contribution in [1.29, 1.82) is 0 Å². The standard InChI is InChI=1S/C41H30BrN3/c42-38-26-25-36(34-17-9-10-18-37(34)38)35-24-23-31(32-15-7-8-16-33(32)35)27-19-21-30(22-20-27)41-44-39(28-11-3-1-4-12-28)43-40(45-41)29-13-5-2-6-14-29/h1-26,39,41,44H,(H,43,45). The lowest BCUT2D eigenvalue weighted by Crippen LogP contribution is -2.44. The molecule has 0 aromatic heterocycles. The zero-order chi connectivity index (χ0) is 30.2. The Hall–Kier alpha value is -5.03. The number of nitrogens with zero attached hydrogens (tertiary/aromatic N) is 1. The SMILES string of the molecule is Brc1ccc(-c2ccc(-c3ccc(C4NC(c5ccccc5)=NC(c5ccccc5)N4)cc3)c3ccccc23)c2ccccc12. The molecule has 0 aliphatic carbocycles. The van der Waals surface area contributed by atoms with Crippen LogP contribution in [0.25, 0.3) is 43.8 Å². The summed E-state index contributed by atoms with van der Waals surface area (Å²) in [7, 11) is 0. The molecule has 4 heteroatoms. The fourth-order valence-electron chi connectivity index (χ4n) is 6.42. The molecule has 45 heavy (non-hydrogen) atoms. The molecular weight excluding hydrogens is 614 g/mol. The van der Waals surface area contributed by atoms with Crippen molar-refractivity contribution in [2.45, 2.75) is 12.3 Å². The van der Waals surface area contributed by atoms with Crippen LogP contribution in [0.5, 0.6) is 0 Å². The van der Waals surface area contributed by atoms with Crippen molar-refractivity contribution >= 4 is 43.3 Å². The molecule has 1 aliphatic rings. The monoisotopic (exact) mass is 643 g/mol. The fraction of sp³-hybridized carbons (Fsp3) is 0.0488. The van der Waals surface area contributed by atoms with Gasteiger partial charge in [-0.3, -0.25) is 5.32 Å². The van der Waals surface area contributed by atoms with Gasteiger partial charge in [-0.2, -0.15) is 0 Å². The van der Waals surface area contributed by atoms with Gasteiger partial charge in [-0.05, 0) is 61.0 Å². The van der Waals surface area contributed by atoms with Crippen LogP contribution >= 0.6 is 15.9 Å². The van der Waals surface area contributed by atoms with Gasteiger partial charge in [0.2, 0.25) is 0 Å². The predicted molar refractivity (Wildman–Crippen MR) is 191 cm³/mol. The van der Waals surface area contributed by atoms with Gasteiger partial charge >= 0.3 is 0 Å². The van der Waals surface area contributed by atoms with E-state index >= 15 is 0 Å². The average molecular weight is 645 g/mol. The minimum atomic E-state index is -0.154. The first-order chi connectivity index (χ1) is 22.2. The molecule has 3 nitrogen and oxygen atoms in total. The van der Waals surface area contributed by atoms with Gasteiger partial charge in [0, 0.05) is 10.0 Å². The Bertz CT molecular complexity index is 2170. The van der Waals surface area contributed by atoms with Crippen molar-refractivity contribution in [2.24, 2.45) is 4.99 Å². The summed E-state index contributed by atoms with van der Waals surface area (Å²) in [6, 6.07) is 56.0. The minimum absolute atomic E-state index is 0.0956. The maximum Gasteiger partial charge on any atom is 0.131 e. The highest BCUT2D eigenvalue weighted by Gasteiger charge is 2.25. The highest BCUT2D eigenvalue weighted by molar-refractivity contribution is 9.10. The topological polar surface area (TPSA) is 36.4 Å². The first-order valence-corrected chi connectivity index (χ1v) is 16.0. The summed E-state index contributed by atoms with van der Waals surface area (Å²) < 4.78 is 1.11. The summed E-state index contributed by atoms with van der Waals surface area (Å²) in [6.45, 7) is 0. The van der Waals surface area contributed by atoms with Gasteiger partial charge < -0.3 is 5.32 Å². The van der Waals surface area contributed by atoms with Crippen molar-refractivity contribution < 1.29 is 0 Å². The van der Waals surface area contributed by atoms with Gasteiger partial charge in [0.25, 0.3) is 0 Å². The molecule has 0 bridgehead atoms. The van der Waals surface area contributed by atoms with Crippen molar-refractivity contribution in [3.05, 3.63) is 179 Å². The van der Waals surface area contributed by atoms with E-state index < -0.39 is 0 Å². The van der Waals surface area contributed by atoms with E-state index in [4.69, 9.17) is 4.99 Å². The van der Waals surface area contributed by atoms with Crippen LogP contribution < -0.4 is 10.6 Å². The number of fused-ring (bicyclic) bond motifs is 2. The number of halogens is 1. The molecule has 2 unspecified atom stereocenters. The Morgan fingerprint density at radius 2 is 0.978 bits per heavy atom. The highest BCUT2D eigenvalue weighted by atomic mass is 79.9. The molecule has 0 saturated carbocycles. The molecule has 7 aromatic rings. The van der Waals surface area contributed by atoms with Crippen LogP contribution in [0, 0.1) is 0 Å². The quantitative estimate of drug-likeness (QED) is 0.196. The second kappa shape index (κ2) is 11.8. The maximum absolute atomic E-state index is 5.05. The van der Waals surface area contributed by atoms with Crippen LogP contribution in [0.15, 0.2) is 167 Å². The van der Waals surface area contributed by atoms with Crippen molar-refractivity contribution in [2.75, 3.05) is 0 Å². The van der Waals surface area contributed by atoms with Crippen LogP contribution in [0.3, 0.4) is 0 Å². The molecule has 0 amide bonds. The first kappa shape index (κ1) is 27.5. The molecule has 1 heterocycles. The molecular formula is C41H30BrN3. The Labute approximate surface area is 271 Å². The van der Waals surface area contributed by atoms with Crippen molar-refractivity contribution in [3.8, 4) is 22.3 Å². The molecule has 216 valence electrons. The zero-order valence-electron chi connectivity index (χ0n) is 24.5. The van der Waals surface area contributed by atoms with Gasteiger partial charge in [0.05, 0.1) is 0 Å². The smallest absolute Gasteiger partial charge is 0.131 e. The highest BCUT2D eigenvalue weighted by Crippen LogP contribution is 2.40. The largest absolute Gasteiger partial charge is 0.350 e. The van der Waals surface area contributed by atoms with Crippen LogP contribution in [-0.4, -0.2) is 5.84 Å². The zero-order valence-corrected chi connectivity index (χ0v) is 26.1. The fourth-order valence-corrected chi connectivity index (χ4v) is 6.90. The van der Waals surface area contributed by atoms with E-state index in [-0.39, 0.29) is 12.3 Å². The van der Waals surface area contributed by atoms with E-state index in [9.17, 15) is 0 Å². The van der Waals surface area contributed by atoms with E-state index in [0.717, 1.165) is 27.0 Å². The second-order valence-corrected chi connectivity index (χ2v) is 12.2. The summed E-state index contributed by atoms with van der Waals surface area (Å²) in [5.74, 6) is 0.888. The Morgan fingerprint density at radius 3 is 1.67 bits per heavy atom. The lowest BCUT2D eigenvalue weighted by Gasteiger charge is -2.32. The number of rotatable bonds is 5. The third kappa shape index (κ3) is 5.22. The first-order valence-electron chi connectivity index (χ1n) is 15.2. The van der Waals surface area contributed by atoms with E-state index in [1.54, 1.807) is 0 Å². The van der Waals surface area contributed by atoms with E-state index in [2.05, 4.69) is 172 Å². The number of amidine groups is 1. The second-order valence-electron chi connectivity index (χ2n) is 11.4. The number of benzene rings is 7. The summed E-state index contributed by atoms with van der Waals surface area (Å²) in [5, 5.41) is 12.3. The lowest BCUT2D eigenvalue weighted by atomic mass is 9.90. The van der Waals surface area contributed by atoms with Crippen molar-refractivity contribution in [3.63, 3.8) is 0 Å². The molecule has 2 N–H and O–H groups in total. The molecule has 8 rings (SSSR count). The van der Waals surface area contributed by atoms with Crippen molar-refractivity contribution in [1.82, 2.24) is 10.6 Å². The molecule has 1 aliphatic heterocycles.